The topological polar surface area (TPSA) is 102 Å². The van der Waals surface area contributed by atoms with Crippen molar-refractivity contribution in [2.75, 3.05) is 13.7 Å². The van der Waals surface area contributed by atoms with E-state index in [-0.39, 0.29) is 30.3 Å². The number of ether oxygens (including phenoxy) is 2. The van der Waals surface area contributed by atoms with Crippen molar-refractivity contribution in [1.29, 1.82) is 0 Å². The first-order chi connectivity index (χ1) is 13.4. The number of hydrogen-bond donors (Lipinski definition) is 1. The zero-order chi connectivity index (χ0) is 20.3. The Bertz CT molecular complexity index is 1100. The molecule has 0 aliphatic heterocycles. The van der Waals surface area contributed by atoms with Gasteiger partial charge in [0.1, 0.15) is 5.75 Å². The zero-order valence-electron chi connectivity index (χ0n) is 16.2. The Morgan fingerprint density at radius 1 is 1.17 bits per heavy atom. The van der Waals surface area contributed by atoms with Crippen molar-refractivity contribution in [3.63, 3.8) is 0 Å². The highest BCUT2D eigenvalue weighted by atomic mass is 35.5. The number of carbonyl (C=O) groups is 1. The second-order valence-electron chi connectivity index (χ2n) is 6.30. The van der Waals surface area contributed by atoms with Gasteiger partial charge in [0.2, 0.25) is 0 Å². The number of hydrogen-bond acceptors (Lipinski definition) is 5. The number of rotatable bonds is 7. The summed E-state index contributed by atoms with van der Waals surface area (Å²) in [7, 11) is -2.25. The number of benzene rings is 2. The molecule has 0 saturated carbocycles. The van der Waals surface area contributed by atoms with Gasteiger partial charge in [0, 0.05) is 18.0 Å². The number of quaternary nitrogens is 1. The third-order valence-electron chi connectivity index (χ3n) is 4.45. The molecule has 0 aliphatic carbocycles. The van der Waals surface area contributed by atoms with E-state index < -0.39 is 22.0 Å². The van der Waals surface area contributed by atoms with E-state index in [9.17, 15) is 13.2 Å². The van der Waals surface area contributed by atoms with Crippen molar-refractivity contribution in [2.45, 2.75) is 24.3 Å². The molecule has 1 heterocycles. The lowest BCUT2D eigenvalue weighted by molar-refractivity contribution is -0.407. The maximum Gasteiger partial charge on any atom is 0.365 e. The molecule has 7 nitrogen and oxygen atoms in total. The van der Waals surface area contributed by atoms with E-state index in [0.717, 1.165) is 0 Å². The molecule has 0 unspecified atom stereocenters. The fraction of sp³-hybridized carbons (Fsp3) is 0.250. The van der Waals surface area contributed by atoms with Crippen LogP contribution in [-0.2, 0) is 26.0 Å². The lowest BCUT2D eigenvalue weighted by Crippen LogP contribution is -3.00. The third-order valence-corrected chi connectivity index (χ3v) is 6.13. The summed E-state index contributed by atoms with van der Waals surface area (Å²) < 4.78 is 37.9. The highest BCUT2D eigenvalue weighted by Crippen LogP contribution is 2.29. The van der Waals surface area contributed by atoms with Crippen LogP contribution in [0.5, 0.6) is 5.75 Å². The lowest BCUT2D eigenvalue weighted by atomic mass is 10.1. The molecule has 0 aliphatic rings. The fourth-order valence-corrected chi connectivity index (χ4v) is 4.46. The van der Waals surface area contributed by atoms with Gasteiger partial charge in [-0.15, -0.1) is 0 Å². The summed E-state index contributed by atoms with van der Waals surface area (Å²) in [5, 5.41) is 0.691. The Balaban J connectivity index is 0.00000300. The van der Waals surface area contributed by atoms with Gasteiger partial charge in [0.05, 0.1) is 24.1 Å². The van der Waals surface area contributed by atoms with Gasteiger partial charge in [0.15, 0.2) is 6.04 Å². The van der Waals surface area contributed by atoms with Crippen molar-refractivity contribution in [3.05, 3.63) is 60.3 Å². The van der Waals surface area contributed by atoms with Crippen LogP contribution in [0.15, 0.2) is 59.6 Å². The molecule has 3 aromatic rings. The van der Waals surface area contributed by atoms with E-state index in [1.54, 1.807) is 68.8 Å². The van der Waals surface area contributed by atoms with Gasteiger partial charge in [-0.1, -0.05) is 18.2 Å². The van der Waals surface area contributed by atoms with Crippen LogP contribution in [0.1, 0.15) is 12.5 Å². The minimum Gasteiger partial charge on any atom is -1.00 e. The molecular weight excluding hydrogens is 416 g/mol. The summed E-state index contributed by atoms with van der Waals surface area (Å²) >= 11 is 0. The number of halogens is 1. The molecule has 0 bridgehead atoms. The predicted octanol–water partition coefficient (Wildman–Crippen LogP) is -1.39. The summed E-state index contributed by atoms with van der Waals surface area (Å²) in [6, 6.07) is 12.7. The molecule has 2 aromatic carbocycles. The van der Waals surface area contributed by atoms with E-state index in [2.05, 4.69) is 5.73 Å². The first-order valence-electron chi connectivity index (χ1n) is 8.86. The summed E-state index contributed by atoms with van der Waals surface area (Å²) in [5.41, 5.74) is 5.06. The van der Waals surface area contributed by atoms with Crippen LogP contribution >= 0.6 is 0 Å². The zero-order valence-corrected chi connectivity index (χ0v) is 17.7. The predicted molar refractivity (Wildman–Crippen MR) is 105 cm³/mol. The Labute approximate surface area is 175 Å². The van der Waals surface area contributed by atoms with Crippen LogP contribution in [0.3, 0.4) is 0 Å². The lowest BCUT2D eigenvalue weighted by Gasteiger charge is -2.07. The van der Waals surface area contributed by atoms with Crippen molar-refractivity contribution in [2.24, 2.45) is 0 Å². The summed E-state index contributed by atoms with van der Waals surface area (Å²) in [5.74, 6) is 0.178. The molecule has 0 fully saturated rings. The molecule has 0 saturated heterocycles. The van der Waals surface area contributed by atoms with Gasteiger partial charge in [0.25, 0.3) is 10.0 Å². The number of methoxy groups -OCH3 is 1. The van der Waals surface area contributed by atoms with Crippen LogP contribution in [0.25, 0.3) is 10.9 Å². The summed E-state index contributed by atoms with van der Waals surface area (Å²) in [6.07, 6.45) is 1.80. The highest BCUT2D eigenvalue weighted by molar-refractivity contribution is 7.90. The van der Waals surface area contributed by atoms with E-state index >= 15 is 0 Å². The average molecular weight is 439 g/mol. The molecule has 3 rings (SSSR count). The third kappa shape index (κ3) is 4.55. The van der Waals surface area contributed by atoms with Crippen LogP contribution < -0.4 is 22.9 Å². The first kappa shape index (κ1) is 22.7. The number of carbonyl (C=O) groups excluding carboxylic acids is 1. The Morgan fingerprint density at radius 2 is 1.86 bits per heavy atom. The smallest absolute Gasteiger partial charge is 0.365 e. The van der Waals surface area contributed by atoms with Crippen molar-refractivity contribution in [1.82, 2.24) is 3.97 Å². The van der Waals surface area contributed by atoms with Gasteiger partial charge in [-0.3, -0.25) is 0 Å². The second-order valence-corrected chi connectivity index (χ2v) is 8.12. The molecule has 0 spiro atoms. The van der Waals surface area contributed by atoms with Crippen molar-refractivity contribution < 1.29 is 40.8 Å². The summed E-state index contributed by atoms with van der Waals surface area (Å²) in [6.45, 7) is 2.00. The molecule has 9 heteroatoms. The number of aromatic nitrogens is 1. The van der Waals surface area contributed by atoms with E-state index in [0.29, 0.717) is 22.2 Å². The van der Waals surface area contributed by atoms with Gasteiger partial charge in [-0.2, -0.15) is 0 Å². The Hall–Kier alpha value is -2.55. The van der Waals surface area contributed by atoms with Crippen molar-refractivity contribution in [3.8, 4) is 5.75 Å². The normalized spacial score (nSPS) is 12.2. The molecule has 29 heavy (non-hydrogen) atoms. The van der Waals surface area contributed by atoms with E-state index in [4.69, 9.17) is 9.47 Å². The van der Waals surface area contributed by atoms with Gasteiger partial charge >= 0.3 is 5.97 Å². The number of nitrogens with zero attached hydrogens (tertiary/aromatic N) is 1. The second kappa shape index (κ2) is 9.30. The van der Waals surface area contributed by atoms with E-state index in [1.165, 1.54) is 3.97 Å². The molecule has 1 atom stereocenters. The molecule has 0 radical (unpaired) electrons. The van der Waals surface area contributed by atoms with E-state index in [1.807, 2.05) is 0 Å². The summed E-state index contributed by atoms with van der Waals surface area (Å²) in [4.78, 5) is 12.2. The maximum atomic E-state index is 13.2. The van der Waals surface area contributed by atoms with Crippen LogP contribution in [0.2, 0.25) is 0 Å². The standard InChI is InChI=1S/C20H22N2O5S.ClH/c1-3-27-20(23)18(21)11-14-13-22(19-10-9-15(26-2)12-17(14)19)28(24,25)16-7-5-4-6-8-16;/h4-10,12-13,18H,3,11,21H2,1-2H3;1H/t18-;/m1./s1. The minimum absolute atomic E-state index is 0. The largest absolute Gasteiger partial charge is 1.00 e. The minimum atomic E-state index is -3.79. The van der Waals surface area contributed by atoms with Crippen LogP contribution in [0, 0.1) is 0 Å². The molecular formula is C20H23ClN2O5S. The monoisotopic (exact) mass is 438 g/mol. The Kier molecular flexibility index (Phi) is 7.29. The van der Waals surface area contributed by atoms with Crippen LogP contribution in [-0.4, -0.2) is 38.1 Å². The average Bonchev–Trinajstić information content (AvgIpc) is 3.07. The molecule has 1 aromatic heterocycles. The first-order valence-corrected chi connectivity index (χ1v) is 10.3. The number of esters is 1. The van der Waals surface area contributed by atoms with Gasteiger partial charge < -0.3 is 27.6 Å². The molecule has 0 amide bonds. The van der Waals surface area contributed by atoms with Crippen LogP contribution in [0.4, 0.5) is 0 Å². The maximum absolute atomic E-state index is 13.2. The highest BCUT2D eigenvalue weighted by Gasteiger charge is 2.25. The van der Waals surface area contributed by atoms with Gasteiger partial charge in [-0.05, 0) is 42.8 Å². The van der Waals surface area contributed by atoms with Crippen molar-refractivity contribution >= 4 is 26.9 Å². The molecule has 156 valence electrons. The quantitative estimate of drug-likeness (QED) is 0.457. The molecule has 3 N–H and O–H groups in total. The van der Waals surface area contributed by atoms with Gasteiger partial charge in [-0.25, -0.2) is 17.2 Å². The Morgan fingerprint density at radius 3 is 2.48 bits per heavy atom. The number of fused-ring (bicyclic) bond motifs is 1. The SMILES string of the molecule is CCOC(=O)[C@H]([NH3+])Cc1cn(S(=O)(=O)c2ccccc2)c2ccc(OC)cc12.[Cl-]. The fourth-order valence-electron chi connectivity index (χ4n) is 3.05.